The number of ether oxygens (including phenoxy) is 2. The Kier molecular flexibility index (Phi) is 6.96. The zero-order valence-electron chi connectivity index (χ0n) is 19.8. The molecule has 0 fully saturated rings. The zero-order chi connectivity index (χ0) is 24.1. The predicted molar refractivity (Wildman–Crippen MR) is 129 cm³/mol. The molecule has 0 aliphatic heterocycles. The molecule has 1 amide bonds. The molecule has 0 aliphatic carbocycles. The van der Waals surface area contributed by atoms with Gasteiger partial charge < -0.3 is 19.2 Å². The van der Waals surface area contributed by atoms with E-state index in [1.807, 2.05) is 24.3 Å². The van der Waals surface area contributed by atoms with E-state index in [2.05, 4.69) is 41.4 Å². The number of rotatable bonds is 9. The zero-order valence-corrected chi connectivity index (χ0v) is 19.8. The summed E-state index contributed by atoms with van der Waals surface area (Å²) in [5.74, 6) is 2.95. The van der Waals surface area contributed by atoms with E-state index in [1.165, 1.54) is 11.1 Å². The smallest absolute Gasteiger partial charge is 0.226 e. The number of aromatic nitrogens is 3. The molecule has 0 bridgehead atoms. The summed E-state index contributed by atoms with van der Waals surface area (Å²) in [6.45, 7) is 4.56. The summed E-state index contributed by atoms with van der Waals surface area (Å²) in [6.07, 6.45) is 3.98. The number of benzene rings is 2. The van der Waals surface area contributed by atoms with Crippen LogP contribution >= 0.6 is 0 Å². The van der Waals surface area contributed by atoms with Crippen molar-refractivity contribution in [1.82, 2.24) is 14.8 Å². The van der Waals surface area contributed by atoms with Gasteiger partial charge in [-0.15, -0.1) is 0 Å². The highest BCUT2D eigenvalue weighted by Gasteiger charge is 2.14. The molecule has 0 atom stereocenters. The van der Waals surface area contributed by atoms with Gasteiger partial charge in [0.1, 0.15) is 5.82 Å². The molecule has 8 heteroatoms. The van der Waals surface area contributed by atoms with Gasteiger partial charge in [-0.2, -0.15) is 5.10 Å². The molecule has 0 unspecified atom stereocenters. The van der Waals surface area contributed by atoms with Crippen molar-refractivity contribution in [1.29, 1.82) is 0 Å². The van der Waals surface area contributed by atoms with Crippen LogP contribution in [0.4, 0.5) is 5.82 Å². The summed E-state index contributed by atoms with van der Waals surface area (Å²) in [6, 6.07) is 13.6. The largest absolute Gasteiger partial charge is 0.493 e. The number of hydrogen-bond acceptors (Lipinski definition) is 6. The second kappa shape index (κ2) is 10.2. The fourth-order valence-corrected chi connectivity index (χ4v) is 3.68. The summed E-state index contributed by atoms with van der Waals surface area (Å²) in [5.41, 5.74) is 4.28. The number of aryl methyl sites for hydroxylation is 3. The van der Waals surface area contributed by atoms with E-state index in [1.54, 1.807) is 37.4 Å². The van der Waals surface area contributed by atoms with Crippen LogP contribution in [0.25, 0.3) is 11.3 Å². The van der Waals surface area contributed by atoms with E-state index in [9.17, 15) is 4.79 Å². The van der Waals surface area contributed by atoms with Crippen LogP contribution in [-0.2, 0) is 17.8 Å². The first-order valence-corrected chi connectivity index (χ1v) is 11.0. The molecule has 2 aromatic carbocycles. The number of amides is 1. The Labute approximate surface area is 198 Å². The van der Waals surface area contributed by atoms with Gasteiger partial charge in [0.05, 0.1) is 33.2 Å². The lowest BCUT2D eigenvalue weighted by atomic mass is 10.1. The molecule has 0 aliphatic rings. The molecule has 1 N–H and O–H groups in total. The summed E-state index contributed by atoms with van der Waals surface area (Å²) < 4.78 is 18.4. The average Bonchev–Trinajstić information content (AvgIpc) is 3.49. The Morgan fingerprint density at radius 1 is 1.09 bits per heavy atom. The SMILES string of the molecule is COc1cccc(Cn2nccc2NC(=O)CCc2ncc(-c3ccc(C)c(C)c3)o2)c1OC. The van der Waals surface area contributed by atoms with Crippen molar-refractivity contribution in [2.45, 2.75) is 33.2 Å². The highest BCUT2D eigenvalue weighted by atomic mass is 16.5. The van der Waals surface area contributed by atoms with E-state index in [0.717, 1.165) is 11.1 Å². The Morgan fingerprint density at radius 3 is 2.71 bits per heavy atom. The van der Waals surface area contributed by atoms with E-state index in [0.29, 0.717) is 41.9 Å². The Balaban J connectivity index is 1.38. The van der Waals surface area contributed by atoms with E-state index >= 15 is 0 Å². The van der Waals surface area contributed by atoms with Crippen LogP contribution < -0.4 is 14.8 Å². The molecule has 8 nitrogen and oxygen atoms in total. The maximum absolute atomic E-state index is 12.6. The maximum atomic E-state index is 12.6. The molecule has 0 saturated carbocycles. The first-order valence-electron chi connectivity index (χ1n) is 11.0. The summed E-state index contributed by atoms with van der Waals surface area (Å²) in [7, 11) is 3.20. The van der Waals surface area contributed by atoms with Crippen LogP contribution in [0.15, 0.2) is 59.3 Å². The summed E-state index contributed by atoms with van der Waals surface area (Å²) in [5, 5.41) is 7.26. The standard InChI is InChI=1S/C26H28N4O4/c1-17-8-9-19(14-18(17)2)22-15-27-25(34-22)11-10-24(31)29-23-12-13-28-30(23)16-20-6-5-7-21(32-3)26(20)33-4/h5-9,12-15H,10-11,16H2,1-4H3,(H,29,31). The highest BCUT2D eigenvalue weighted by molar-refractivity contribution is 5.89. The lowest BCUT2D eigenvalue weighted by molar-refractivity contribution is -0.116. The Bertz CT molecular complexity index is 1290. The van der Waals surface area contributed by atoms with Crippen molar-refractivity contribution in [2.24, 2.45) is 0 Å². The van der Waals surface area contributed by atoms with Crippen molar-refractivity contribution in [3.05, 3.63) is 77.4 Å². The molecular formula is C26H28N4O4. The number of para-hydroxylation sites is 1. The van der Waals surface area contributed by atoms with Crippen molar-refractivity contribution < 1.29 is 18.7 Å². The van der Waals surface area contributed by atoms with Gasteiger partial charge in [-0.05, 0) is 37.1 Å². The molecule has 0 spiro atoms. The molecule has 34 heavy (non-hydrogen) atoms. The number of carbonyl (C=O) groups excluding carboxylic acids is 1. The first-order chi connectivity index (χ1) is 16.5. The van der Waals surface area contributed by atoms with Gasteiger partial charge in [0.2, 0.25) is 5.91 Å². The van der Waals surface area contributed by atoms with Crippen molar-refractivity contribution in [3.63, 3.8) is 0 Å². The van der Waals surface area contributed by atoms with Crippen LogP contribution in [-0.4, -0.2) is 34.9 Å². The second-order valence-corrected chi connectivity index (χ2v) is 7.99. The lowest BCUT2D eigenvalue weighted by Gasteiger charge is -2.14. The molecule has 0 saturated heterocycles. The number of anilines is 1. The average molecular weight is 461 g/mol. The highest BCUT2D eigenvalue weighted by Crippen LogP contribution is 2.31. The summed E-state index contributed by atoms with van der Waals surface area (Å²) in [4.78, 5) is 16.9. The van der Waals surface area contributed by atoms with Crippen LogP contribution in [0.2, 0.25) is 0 Å². The van der Waals surface area contributed by atoms with Crippen LogP contribution in [0.3, 0.4) is 0 Å². The molecule has 0 radical (unpaired) electrons. The third-order valence-corrected chi connectivity index (χ3v) is 5.70. The number of carbonyl (C=O) groups is 1. The lowest BCUT2D eigenvalue weighted by Crippen LogP contribution is -2.16. The Hall–Kier alpha value is -4.07. The number of nitrogens with zero attached hydrogens (tertiary/aromatic N) is 3. The molecule has 2 heterocycles. The van der Waals surface area contributed by atoms with E-state index in [4.69, 9.17) is 13.9 Å². The maximum Gasteiger partial charge on any atom is 0.226 e. The van der Waals surface area contributed by atoms with Crippen molar-refractivity contribution >= 4 is 11.7 Å². The number of oxazole rings is 1. The number of hydrogen-bond donors (Lipinski definition) is 1. The van der Waals surface area contributed by atoms with Crippen molar-refractivity contribution in [3.8, 4) is 22.8 Å². The fourth-order valence-electron chi connectivity index (χ4n) is 3.68. The molecule has 176 valence electrons. The topological polar surface area (TPSA) is 91.4 Å². The minimum atomic E-state index is -0.148. The van der Waals surface area contributed by atoms with Crippen LogP contribution in [0.5, 0.6) is 11.5 Å². The van der Waals surface area contributed by atoms with Crippen molar-refractivity contribution in [2.75, 3.05) is 19.5 Å². The van der Waals surface area contributed by atoms with Gasteiger partial charge in [0.15, 0.2) is 23.1 Å². The molecule has 2 aromatic heterocycles. The molecule has 4 rings (SSSR count). The van der Waals surface area contributed by atoms with Gasteiger partial charge >= 0.3 is 0 Å². The van der Waals surface area contributed by atoms with Gasteiger partial charge in [-0.25, -0.2) is 9.67 Å². The second-order valence-electron chi connectivity index (χ2n) is 7.99. The normalized spacial score (nSPS) is 10.8. The van der Waals surface area contributed by atoms with Gasteiger partial charge in [0, 0.05) is 30.0 Å². The van der Waals surface area contributed by atoms with Crippen LogP contribution in [0.1, 0.15) is 29.0 Å². The van der Waals surface area contributed by atoms with Gasteiger partial charge in [-0.3, -0.25) is 4.79 Å². The first kappa shape index (κ1) is 23.1. The quantitative estimate of drug-likeness (QED) is 0.386. The third-order valence-electron chi connectivity index (χ3n) is 5.70. The molecular weight excluding hydrogens is 432 g/mol. The van der Waals surface area contributed by atoms with E-state index < -0.39 is 0 Å². The van der Waals surface area contributed by atoms with Gasteiger partial charge in [0.25, 0.3) is 0 Å². The minimum absolute atomic E-state index is 0.148. The van der Waals surface area contributed by atoms with Gasteiger partial charge in [-0.1, -0.05) is 24.3 Å². The third kappa shape index (κ3) is 5.11. The summed E-state index contributed by atoms with van der Waals surface area (Å²) >= 11 is 0. The number of nitrogens with one attached hydrogen (secondary N) is 1. The molecule has 4 aromatic rings. The monoisotopic (exact) mass is 460 g/mol. The fraction of sp³-hybridized carbons (Fsp3) is 0.269. The van der Waals surface area contributed by atoms with Crippen LogP contribution in [0, 0.1) is 13.8 Å². The van der Waals surface area contributed by atoms with E-state index in [-0.39, 0.29) is 12.3 Å². The predicted octanol–water partition coefficient (Wildman–Crippen LogP) is 4.79. The minimum Gasteiger partial charge on any atom is -0.493 e. The Morgan fingerprint density at radius 2 is 1.94 bits per heavy atom. The number of methoxy groups -OCH3 is 2.